The van der Waals surface area contributed by atoms with Crippen molar-refractivity contribution in [1.29, 1.82) is 0 Å². The van der Waals surface area contributed by atoms with Crippen molar-refractivity contribution in [3.8, 4) is 0 Å². The highest BCUT2D eigenvalue weighted by molar-refractivity contribution is 6.35. The van der Waals surface area contributed by atoms with Crippen LogP contribution in [0.25, 0.3) is 0 Å². The molecule has 8 heteroatoms. The van der Waals surface area contributed by atoms with E-state index in [9.17, 15) is 0 Å². The van der Waals surface area contributed by atoms with E-state index in [4.69, 9.17) is 23.2 Å². The van der Waals surface area contributed by atoms with Gasteiger partial charge in [-0.15, -0.1) is 10.2 Å². The lowest BCUT2D eigenvalue weighted by Gasteiger charge is -2.04. The Bertz CT molecular complexity index is 443. The standard InChI is InChI=1S/C7H6Cl2N6/c8-4-1-5(9)7(10-2-4)11-3-6-12-14-15-13-6/h1-2H,3H2,(H,10,11)(H,12,13,14,15). The highest BCUT2D eigenvalue weighted by Crippen LogP contribution is 2.22. The minimum Gasteiger partial charge on any atom is -0.361 e. The number of nitrogens with zero attached hydrogens (tertiary/aromatic N) is 4. The molecule has 15 heavy (non-hydrogen) atoms. The number of hydrogen-bond acceptors (Lipinski definition) is 5. The smallest absolute Gasteiger partial charge is 0.193 e. The van der Waals surface area contributed by atoms with E-state index in [0.29, 0.717) is 28.2 Å². The highest BCUT2D eigenvalue weighted by atomic mass is 35.5. The molecule has 0 saturated carbocycles. The number of halogens is 2. The van der Waals surface area contributed by atoms with E-state index in [2.05, 4.69) is 30.9 Å². The summed E-state index contributed by atoms with van der Waals surface area (Å²) < 4.78 is 0. The molecule has 0 atom stereocenters. The Morgan fingerprint density at radius 2 is 2.27 bits per heavy atom. The second-order valence-corrected chi connectivity index (χ2v) is 3.51. The maximum absolute atomic E-state index is 5.90. The predicted octanol–water partition coefficient (Wildman–Crippen LogP) is 1.51. The third-order valence-corrected chi connectivity index (χ3v) is 2.11. The number of aromatic amines is 1. The molecule has 0 unspecified atom stereocenters. The molecule has 0 amide bonds. The van der Waals surface area contributed by atoms with E-state index in [0.717, 1.165) is 0 Å². The lowest BCUT2D eigenvalue weighted by Crippen LogP contribution is -2.03. The van der Waals surface area contributed by atoms with Gasteiger partial charge < -0.3 is 5.32 Å². The maximum atomic E-state index is 5.90. The summed E-state index contributed by atoms with van der Waals surface area (Å²) in [5.41, 5.74) is 0. The minimum absolute atomic E-state index is 0.394. The summed E-state index contributed by atoms with van der Waals surface area (Å²) in [4.78, 5) is 4.02. The number of hydrogen-bond donors (Lipinski definition) is 2. The maximum Gasteiger partial charge on any atom is 0.193 e. The van der Waals surface area contributed by atoms with Crippen molar-refractivity contribution < 1.29 is 0 Å². The molecule has 0 aliphatic carbocycles. The zero-order chi connectivity index (χ0) is 10.7. The quantitative estimate of drug-likeness (QED) is 0.856. The Hall–Kier alpha value is -1.40. The molecule has 0 aliphatic heterocycles. The van der Waals surface area contributed by atoms with Crippen LogP contribution in [0.1, 0.15) is 5.82 Å². The SMILES string of the molecule is Clc1cnc(NCc2nn[nH]n2)c(Cl)c1. The summed E-state index contributed by atoms with van der Waals surface area (Å²) in [6.07, 6.45) is 1.51. The third kappa shape index (κ3) is 2.54. The van der Waals surface area contributed by atoms with Crippen molar-refractivity contribution in [2.75, 3.05) is 5.32 Å². The monoisotopic (exact) mass is 244 g/mol. The van der Waals surface area contributed by atoms with Gasteiger partial charge in [0.05, 0.1) is 16.6 Å². The van der Waals surface area contributed by atoms with Crippen molar-refractivity contribution in [3.05, 3.63) is 28.1 Å². The molecule has 0 spiro atoms. The number of pyridine rings is 1. The zero-order valence-electron chi connectivity index (χ0n) is 7.41. The summed E-state index contributed by atoms with van der Waals surface area (Å²) >= 11 is 11.6. The van der Waals surface area contributed by atoms with Crippen molar-refractivity contribution in [2.45, 2.75) is 6.54 Å². The van der Waals surface area contributed by atoms with Crippen LogP contribution in [-0.4, -0.2) is 25.6 Å². The van der Waals surface area contributed by atoms with Gasteiger partial charge in [-0.1, -0.05) is 28.4 Å². The second-order valence-electron chi connectivity index (χ2n) is 2.67. The van der Waals surface area contributed by atoms with Crippen molar-refractivity contribution in [2.24, 2.45) is 0 Å². The van der Waals surface area contributed by atoms with E-state index in [1.165, 1.54) is 6.20 Å². The van der Waals surface area contributed by atoms with Crippen molar-refractivity contribution in [1.82, 2.24) is 25.6 Å². The number of aromatic nitrogens is 5. The average Bonchev–Trinajstić information content (AvgIpc) is 2.69. The highest BCUT2D eigenvalue weighted by Gasteiger charge is 2.03. The minimum atomic E-state index is 0.394. The molecule has 0 fully saturated rings. The number of anilines is 1. The van der Waals surface area contributed by atoms with Gasteiger partial charge in [-0.05, 0) is 6.07 Å². The van der Waals surface area contributed by atoms with Crippen LogP contribution < -0.4 is 5.32 Å². The molecule has 0 bridgehead atoms. The summed E-state index contributed by atoms with van der Waals surface area (Å²) in [5, 5.41) is 17.2. The van der Waals surface area contributed by atoms with E-state index in [1.54, 1.807) is 6.07 Å². The number of nitrogens with one attached hydrogen (secondary N) is 2. The molecule has 2 aromatic heterocycles. The first-order chi connectivity index (χ1) is 7.25. The molecule has 2 heterocycles. The van der Waals surface area contributed by atoms with Gasteiger partial charge in [0.2, 0.25) is 0 Å². The molecule has 2 N–H and O–H groups in total. The van der Waals surface area contributed by atoms with Crippen LogP contribution in [0.5, 0.6) is 0 Å². The molecule has 0 aliphatic rings. The van der Waals surface area contributed by atoms with E-state index < -0.39 is 0 Å². The van der Waals surface area contributed by atoms with Gasteiger partial charge in [0.25, 0.3) is 0 Å². The molecule has 2 aromatic rings. The van der Waals surface area contributed by atoms with Gasteiger partial charge in [0.15, 0.2) is 5.82 Å². The largest absolute Gasteiger partial charge is 0.361 e. The van der Waals surface area contributed by atoms with E-state index in [-0.39, 0.29) is 0 Å². The van der Waals surface area contributed by atoms with Crippen molar-refractivity contribution in [3.63, 3.8) is 0 Å². The Labute approximate surface area is 95.0 Å². The fourth-order valence-electron chi connectivity index (χ4n) is 0.965. The Kier molecular flexibility index (Phi) is 2.98. The number of rotatable bonds is 3. The fraction of sp³-hybridized carbons (Fsp3) is 0.143. The average molecular weight is 245 g/mol. The van der Waals surface area contributed by atoms with Gasteiger partial charge in [-0.25, -0.2) is 4.98 Å². The van der Waals surface area contributed by atoms with Crippen LogP contribution in [0.3, 0.4) is 0 Å². The van der Waals surface area contributed by atoms with Crippen LogP contribution in [0, 0.1) is 0 Å². The Morgan fingerprint density at radius 1 is 1.40 bits per heavy atom. The Balaban J connectivity index is 2.05. The predicted molar refractivity (Wildman–Crippen MR) is 55.8 cm³/mol. The van der Waals surface area contributed by atoms with Crippen LogP contribution in [0.15, 0.2) is 12.3 Å². The summed E-state index contributed by atoms with van der Waals surface area (Å²) in [6, 6.07) is 1.61. The van der Waals surface area contributed by atoms with Gasteiger partial charge in [-0.3, -0.25) is 0 Å². The molecule has 0 aromatic carbocycles. The Morgan fingerprint density at radius 3 is 2.93 bits per heavy atom. The molecule has 6 nitrogen and oxygen atoms in total. The van der Waals surface area contributed by atoms with Crippen LogP contribution in [0.4, 0.5) is 5.82 Å². The van der Waals surface area contributed by atoms with Crippen molar-refractivity contribution >= 4 is 29.0 Å². The van der Waals surface area contributed by atoms with Gasteiger partial charge in [0.1, 0.15) is 5.82 Å². The van der Waals surface area contributed by atoms with E-state index in [1.807, 2.05) is 0 Å². The van der Waals surface area contributed by atoms with Crippen LogP contribution in [-0.2, 0) is 6.54 Å². The summed E-state index contributed by atoms with van der Waals surface area (Å²) in [5.74, 6) is 1.06. The summed E-state index contributed by atoms with van der Waals surface area (Å²) in [6.45, 7) is 0.394. The first-order valence-electron chi connectivity index (χ1n) is 4.03. The molecule has 0 saturated heterocycles. The van der Waals surface area contributed by atoms with Gasteiger partial charge in [0, 0.05) is 6.20 Å². The first-order valence-corrected chi connectivity index (χ1v) is 4.78. The number of tetrazole rings is 1. The van der Waals surface area contributed by atoms with Crippen LogP contribution >= 0.6 is 23.2 Å². The first kappa shape index (κ1) is 10.1. The third-order valence-electron chi connectivity index (χ3n) is 1.61. The van der Waals surface area contributed by atoms with E-state index >= 15 is 0 Å². The molecule has 78 valence electrons. The number of H-pyrrole nitrogens is 1. The van der Waals surface area contributed by atoms with Gasteiger partial charge in [-0.2, -0.15) is 5.21 Å². The topological polar surface area (TPSA) is 79.4 Å². The lowest BCUT2D eigenvalue weighted by molar-refractivity contribution is 0.881. The molecular formula is C7H6Cl2N6. The molecule has 0 radical (unpaired) electrons. The van der Waals surface area contributed by atoms with Crippen LogP contribution in [0.2, 0.25) is 10.0 Å². The lowest BCUT2D eigenvalue weighted by atomic mass is 10.4. The van der Waals surface area contributed by atoms with Gasteiger partial charge >= 0.3 is 0 Å². The normalized spacial score (nSPS) is 10.3. The summed E-state index contributed by atoms with van der Waals surface area (Å²) in [7, 11) is 0. The molecule has 2 rings (SSSR count). The molecular weight excluding hydrogens is 239 g/mol. The zero-order valence-corrected chi connectivity index (χ0v) is 8.92. The fourth-order valence-corrected chi connectivity index (χ4v) is 1.41. The second kappa shape index (κ2) is 4.41.